The van der Waals surface area contributed by atoms with Gasteiger partial charge in [-0.2, -0.15) is 0 Å². The Morgan fingerprint density at radius 1 is 0.953 bits per heavy atom. The SMILES string of the molecule is CC[C@@H]1COCCN1CC(=O)N(C)c1ccc2sc3c(-c4cccc5c(=O)cc(N6CCCCC6)oc45)cccc3c2c1. The van der Waals surface area contributed by atoms with Gasteiger partial charge in [0, 0.05) is 75.8 Å². The minimum atomic E-state index is -0.00753. The summed E-state index contributed by atoms with van der Waals surface area (Å²) in [7, 11) is 1.86. The molecule has 2 fully saturated rings. The van der Waals surface area contributed by atoms with Gasteiger partial charge in [-0.25, -0.2) is 0 Å². The van der Waals surface area contributed by atoms with Crippen LogP contribution in [0.2, 0.25) is 0 Å². The Bertz CT molecular complexity index is 1870. The van der Waals surface area contributed by atoms with Crippen LogP contribution < -0.4 is 15.2 Å². The first-order valence-electron chi connectivity index (χ1n) is 15.4. The average Bonchev–Trinajstić information content (AvgIpc) is 3.43. The van der Waals surface area contributed by atoms with Crippen LogP contribution in [0.5, 0.6) is 0 Å². The van der Waals surface area contributed by atoms with Gasteiger partial charge < -0.3 is 19.0 Å². The minimum Gasteiger partial charge on any atom is -0.440 e. The van der Waals surface area contributed by atoms with E-state index < -0.39 is 0 Å². The van der Waals surface area contributed by atoms with E-state index in [1.54, 1.807) is 22.3 Å². The van der Waals surface area contributed by atoms with Crippen LogP contribution >= 0.6 is 11.3 Å². The van der Waals surface area contributed by atoms with Crippen molar-refractivity contribution in [2.45, 2.75) is 38.6 Å². The zero-order chi connectivity index (χ0) is 29.5. The molecule has 3 aromatic carbocycles. The van der Waals surface area contributed by atoms with Crippen LogP contribution in [0.15, 0.2) is 69.9 Å². The number of anilines is 2. The van der Waals surface area contributed by atoms with Crippen molar-refractivity contribution in [3.05, 3.63) is 70.9 Å². The second kappa shape index (κ2) is 11.8. The zero-order valence-electron chi connectivity index (χ0n) is 24.8. The van der Waals surface area contributed by atoms with Crippen molar-refractivity contribution < 1.29 is 13.9 Å². The highest BCUT2D eigenvalue weighted by Gasteiger charge is 2.25. The van der Waals surface area contributed by atoms with Crippen LogP contribution in [-0.2, 0) is 9.53 Å². The Kier molecular flexibility index (Phi) is 7.67. The number of hydrogen-bond donors (Lipinski definition) is 0. The quantitative estimate of drug-likeness (QED) is 0.213. The molecule has 2 aliphatic rings. The molecule has 1 amide bonds. The van der Waals surface area contributed by atoms with Crippen molar-refractivity contribution in [3.63, 3.8) is 0 Å². The van der Waals surface area contributed by atoms with Gasteiger partial charge in [0.2, 0.25) is 5.91 Å². The molecule has 0 spiro atoms. The molecule has 0 saturated carbocycles. The highest BCUT2D eigenvalue weighted by molar-refractivity contribution is 7.26. The molecule has 2 saturated heterocycles. The van der Waals surface area contributed by atoms with Crippen molar-refractivity contribution in [2.24, 2.45) is 0 Å². The molecule has 2 aromatic heterocycles. The molecule has 0 unspecified atom stereocenters. The lowest BCUT2D eigenvalue weighted by atomic mass is 10.0. The summed E-state index contributed by atoms with van der Waals surface area (Å²) in [4.78, 5) is 32.8. The van der Waals surface area contributed by atoms with E-state index >= 15 is 0 Å². The lowest BCUT2D eigenvalue weighted by molar-refractivity contribution is -0.121. The van der Waals surface area contributed by atoms with E-state index in [4.69, 9.17) is 9.15 Å². The van der Waals surface area contributed by atoms with E-state index in [2.05, 4.69) is 53.1 Å². The fraction of sp³-hybridized carbons (Fsp3) is 0.371. The number of ether oxygens (including phenoxy) is 1. The first kappa shape index (κ1) is 28.1. The number of morpholine rings is 1. The van der Waals surface area contributed by atoms with Crippen molar-refractivity contribution in [1.29, 1.82) is 0 Å². The van der Waals surface area contributed by atoms with Crippen LogP contribution in [0.1, 0.15) is 32.6 Å². The van der Waals surface area contributed by atoms with E-state index in [1.807, 2.05) is 25.2 Å². The molecule has 43 heavy (non-hydrogen) atoms. The van der Waals surface area contributed by atoms with E-state index in [0.717, 1.165) is 75.9 Å². The zero-order valence-corrected chi connectivity index (χ0v) is 25.6. The summed E-state index contributed by atoms with van der Waals surface area (Å²) in [5.74, 6) is 0.739. The molecule has 222 valence electrons. The van der Waals surface area contributed by atoms with Gasteiger partial charge in [0.05, 0.1) is 25.1 Å². The van der Waals surface area contributed by atoms with E-state index in [-0.39, 0.29) is 17.4 Å². The molecule has 5 aromatic rings. The Balaban J connectivity index is 1.26. The number of likely N-dealkylation sites (N-methyl/N-ethyl adjacent to an activating group) is 1. The summed E-state index contributed by atoms with van der Waals surface area (Å²) >= 11 is 1.73. The monoisotopic (exact) mass is 595 g/mol. The molecule has 1 atom stereocenters. The third-order valence-electron chi connectivity index (χ3n) is 9.10. The fourth-order valence-electron chi connectivity index (χ4n) is 6.55. The molecule has 2 aliphatic heterocycles. The maximum absolute atomic E-state index is 13.4. The Labute approximate surface area is 255 Å². The average molecular weight is 596 g/mol. The maximum atomic E-state index is 13.4. The number of fused-ring (bicyclic) bond motifs is 4. The number of hydrogen-bond acceptors (Lipinski definition) is 7. The number of carbonyl (C=O) groups excluding carboxylic acids is 1. The number of nitrogens with zero attached hydrogens (tertiary/aromatic N) is 3. The van der Waals surface area contributed by atoms with Crippen LogP contribution in [0.3, 0.4) is 0 Å². The third kappa shape index (κ3) is 5.22. The molecule has 8 heteroatoms. The molecule has 7 nitrogen and oxygen atoms in total. The second-order valence-corrected chi connectivity index (χ2v) is 12.8. The predicted molar refractivity (Wildman–Crippen MR) is 177 cm³/mol. The van der Waals surface area contributed by atoms with Gasteiger partial charge in [0.15, 0.2) is 11.3 Å². The summed E-state index contributed by atoms with van der Waals surface area (Å²) in [5.41, 5.74) is 3.49. The smallest absolute Gasteiger partial charge is 0.240 e. The Morgan fingerprint density at radius 2 is 1.74 bits per heavy atom. The summed E-state index contributed by atoms with van der Waals surface area (Å²) in [6.07, 6.45) is 4.40. The number of rotatable bonds is 6. The fourth-order valence-corrected chi connectivity index (χ4v) is 7.76. The lowest BCUT2D eigenvalue weighted by Crippen LogP contribution is -2.49. The van der Waals surface area contributed by atoms with E-state index in [1.165, 1.54) is 6.42 Å². The van der Waals surface area contributed by atoms with Gasteiger partial charge in [-0.1, -0.05) is 37.3 Å². The minimum absolute atomic E-state index is 0.00753. The Hall–Kier alpha value is -3.72. The van der Waals surface area contributed by atoms with Gasteiger partial charge in [-0.3, -0.25) is 14.5 Å². The first-order chi connectivity index (χ1) is 21.0. The Morgan fingerprint density at radius 3 is 2.56 bits per heavy atom. The van der Waals surface area contributed by atoms with Crippen LogP contribution in [0.25, 0.3) is 42.3 Å². The molecule has 0 radical (unpaired) electrons. The van der Waals surface area contributed by atoms with Crippen LogP contribution in [0, 0.1) is 0 Å². The van der Waals surface area contributed by atoms with Gasteiger partial charge in [0.25, 0.3) is 0 Å². The number of amides is 1. The molecule has 0 N–H and O–H groups in total. The summed E-state index contributed by atoms with van der Waals surface area (Å²) in [6.45, 7) is 6.48. The summed E-state index contributed by atoms with van der Waals surface area (Å²) in [5, 5.41) is 2.85. The van der Waals surface area contributed by atoms with E-state index in [9.17, 15) is 9.59 Å². The third-order valence-corrected chi connectivity index (χ3v) is 10.3. The number of para-hydroxylation sites is 1. The number of benzene rings is 3. The highest BCUT2D eigenvalue weighted by Crippen LogP contribution is 2.43. The molecule has 4 heterocycles. The van der Waals surface area contributed by atoms with Gasteiger partial charge in [-0.05, 0) is 49.9 Å². The van der Waals surface area contributed by atoms with Crippen molar-refractivity contribution in [2.75, 3.05) is 56.2 Å². The number of piperidine rings is 1. The molecule has 0 bridgehead atoms. The summed E-state index contributed by atoms with van der Waals surface area (Å²) in [6, 6.07) is 20.4. The molecular weight excluding hydrogens is 558 g/mol. The number of carbonyl (C=O) groups is 1. The van der Waals surface area contributed by atoms with Crippen LogP contribution in [0.4, 0.5) is 11.6 Å². The van der Waals surface area contributed by atoms with Gasteiger partial charge >= 0.3 is 0 Å². The molecular formula is C35H37N3O4S. The standard InChI is InChI=1S/C35H37N3O4S/c1-3-23-22-41-18-17-38(23)21-32(40)36(2)24-13-14-31-29(19-24)27-11-8-10-26(35(27)43-31)25-9-7-12-28-30(39)20-33(42-34(25)28)37-15-5-4-6-16-37/h7-14,19-20,23H,3-6,15-18,21-22H2,1-2H3/t23-/m1/s1. The second-order valence-electron chi connectivity index (χ2n) is 11.7. The maximum Gasteiger partial charge on any atom is 0.240 e. The normalized spacial score (nSPS) is 18.1. The van der Waals surface area contributed by atoms with Crippen molar-refractivity contribution >= 4 is 60.0 Å². The highest BCUT2D eigenvalue weighted by atomic mass is 32.1. The molecule has 7 rings (SSSR count). The predicted octanol–water partition coefficient (Wildman–Crippen LogP) is 6.89. The lowest BCUT2D eigenvalue weighted by Gasteiger charge is -2.35. The van der Waals surface area contributed by atoms with Gasteiger partial charge in [-0.15, -0.1) is 11.3 Å². The van der Waals surface area contributed by atoms with Gasteiger partial charge in [0.1, 0.15) is 5.58 Å². The number of thiophene rings is 1. The first-order valence-corrected chi connectivity index (χ1v) is 16.2. The topological polar surface area (TPSA) is 66.2 Å². The molecule has 0 aliphatic carbocycles. The van der Waals surface area contributed by atoms with E-state index in [0.29, 0.717) is 36.6 Å². The van der Waals surface area contributed by atoms with Crippen molar-refractivity contribution in [3.8, 4) is 11.1 Å². The van der Waals surface area contributed by atoms with Crippen molar-refractivity contribution in [1.82, 2.24) is 4.90 Å². The van der Waals surface area contributed by atoms with Crippen LogP contribution in [-0.4, -0.2) is 63.3 Å². The summed E-state index contributed by atoms with van der Waals surface area (Å²) < 4.78 is 14.4. The largest absolute Gasteiger partial charge is 0.440 e.